The second-order valence-electron chi connectivity index (χ2n) is 6.88. The molecule has 0 spiro atoms. The minimum atomic E-state index is 0.501. The van der Waals surface area contributed by atoms with Crippen LogP contribution in [0.2, 0.25) is 0 Å². The van der Waals surface area contributed by atoms with Crippen molar-refractivity contribution in [1.29, 1.82) is 0 Å². The summed E-state index contributed by atoms with van der Waals surface area (Å²) < 4.78 is 0. The predicted molar refractivity (Wildman–Crippen MR) is 109 cm³/mol. The van der Waals surface area contributed by atoms with Crippen LogP contribution in [0.5, 0.6) is 0 Å². The fourth-order valence-electron chi connectivity index (χ4n) is 3.48. The van der Waals surface area contributed by atoms with Crippen molar-refractivity contribution >= 4 is 10.8 Å². The van der Waals surface area contributed by atoms with Crippen LogP contribution in [0.25, 0.3) is 33.0 Å². The Kier molecular flexibility index (Phi) is 4.11. The van der Waals surface area contributed by atoms with E-state index in [9.17, 15) is 0 Å². The minimum Gasteiger partial charge on any atom is -0.0622 e. The molecule has 4 aromatic carbocycles. The molecule has 0 aliphatic heterocycles. The van der Waals surface area contributed by atoms with E-state index in [0.717, 1.165) is 0 Å². The van der Waals surface area contributed by atoms with Crippen LogP contribution in [0, 0.1) is 0 Å². The van der Waals surface area contributed by atoms with Gasteiger partial charge in [-0.25, -0.2) is 0 Å². The fourth-order valence-corrected chi connectivity index (χ4v) is 3.48. The summed E-state index contributed by atoms with van der Waals surface area (Å²) in [4.78, 5) is 0. The van der Waals surface area contributed by atoms with Gasteiger partial charge in [0, 0.05) is 0 Å². The fraction of sp³-hybridized carbons (Fsp3) is 0.120. The van der Waals surface area contributed by atoms with E-state index in [1.807, 2.05) is 0 Å². The molecule has 122 valence electrons. The SMILES string of the molecule is CC(C)c1ccc(-c2ccc3ccccc3c2)cc1-c1ccccc1. The van der Waals surface area contributed by atoms with Gasteiger partial charge in [-0.3, -0.25) is 0 Å². The topological polar surface area (TPSA) is 0 Å². The lowest BCUT2D eigenvalue weighted by molar-refractivity contribution is 0.869. The van der Waals surface area contributed by atoms with Gasteiger partial charge in [-0.05, 0) is 56.6 Å². The standard InChI is InChI=1S/C25H22/c1-18(2)24-15-14-23(17-25(24)20-9-4-3-5-10-20)22-13-12-19-8-6-7-11-21(19)16-22/h3-18H,1-2H3. The smallest absolute Gasteiger partial charge is 0.0143 e. The summed E-state index contributed by atoms with van der Waals surface area (Å²) in [5.41, 5.74) is 6.56. The van der Waals surface area contributed by atoms with E-state index in [1.165, 1.54) is 38.6 Å². The highest BCUT2D eigenvalue weighted by Gasteiger charge is 2.10. The number of hydrogen-bond donors (Lipinski definition) is 0. The normalized spacial score (nSPS) is 11.2. The summed E-state index contributed by atoms with van der Waals surface area (Å²) in [5, 5.41) is 2.57. The van der Waals surface area contributed by atoms with Gasteiger partial charge in [0.1, 0.15) is 0 Å². The maximum absolute atomic E-state index is 2.34. The summed E-state index contributed by atoms with van der Waals surface area (Å²) in [6.07, 6.45) is 0. The molecule has 0 N–H and O–H groups in total. The summed E-state index contributed by atoms with van der Waals surface area (Å²) in [6.45, 7) is 4.52. The maximum atomic E-state index is 2.34. The van der Waals surface area contributed by atoms with Gasteiger partial charge in [0.05, 0.1) is 0 Å². The van der Waals surface area contributed by atoms with Crippen molar-refractivity contribution in [2.45, 2.75) is 19.8 Å². The molecule has 4 rings (SSSR count). The number of hydrogen-bond acceptors (Lipinski definition) is 0. The number of benzene rings is 4. The third-order valence-corrected chi connectivity index (χ3v) is 4.84. The number of rotatable bonds is 3. The van der Waals surface area contributed by atoms with Crippen molar-refractivity contribution in [2.24, 2.45) is 0 Å². The highest BCUT2D eigenvalue weighted by molar-refractivity contribution is 5.88. The van der Waals surface area contributed by atoms with Crippen LogP contribution in [-0.4, -0.2) is 0 Å². The maximum Gasteiger partial charge on any atom is -0.0143 e. The molecule has 0 atom stereocenters. The van der Waals surface area contributed by atoms with Crippen LogP contribution < -0.4 is 0 Å². The Bertz CT molecular complexity index is 1010. The van der Waals surface area contributed by atoms with Gasteiger partial charge < -0.3 is 0 Å². The predicted octanol–water partition coefficient (Wildman–Crippen LogP) is 7.30. The van der Waals surface area contributed by atoms with E-state index in [-0.39, 0.29) is 0 Å². The molecule has 0 aliphatic carbocycles. The van der Waals surface area contributed by atoms with Gasteiger partial charge in [0.15, 0.2) is 0 Å². The highest BCUT2D eigenvalue weighted by atomic mass is 14.1. The quantitative estimate of drug-likeness (QED) is 0.371. The average molecular weight is 322 g/mol. The first kappa shape index (κ1) is 15.7. The Morgan fingerprint density at radius 3 is 1.92 bits per heavy atom. The first-order valence-corrected chi connectivity index (χ1v) is 8.91. The molecule has 0 radical (unpaired) electrons. The highest BCUT2D eigenvalue weighted by Crippen LogP contribution is 2.34. The molecule has 0 saturated carbocycles. The molecule has 0 heterocycles. The van der Waals surface area contributed by atoms with Crippen molar-refractivity contribution in [3.8, 4) is 22.3 Å². The van der Waals surface area contributed by atoms with Gasteiger partial charge in [-0.2, -0.15) is 0 Å². The molecule has 0 unspecified atom stereocenters. The molecule has 0 fully saturated rings. The summed E-state index contributed by atoms with van der Waals surface area (Å²) >= 11 is 0. The Morgan fingerprint density at radius 1 is 0.520 bits per heavy atom. The number of fused-ring (bicyclic) bond motifs is 1. The average Bonchev–Trinajstić information content (AvgIpc) is 2.67. The summed E-state index contributed by atoms with van der Waals surface area (Å²) in [5.74, 6) is 0.501. The van der Waals surface area contributed by atoms with Crippen LogP contribution >= 0.6 is 0 Å². The third kappa shape index (κ3) is 3.08. The van der Waals surface area contributed by atoms with Crippen LogP contribution in [0.4, 0.5) is 0 Å². The molecule has 0 aromatic heterocycles. The van der Waals surface area contributed by atoms with E-state index in [0.29, 0.717) is 5.92 Å². The first-order chi connectivity index (χ1) is 12.2. The zero-order valence-corrected chi connectivity index (χ0v) is 14.7. The van der Waals surface area contributed by atoms with Gasteiger partial charge in [0.25, 0.3) is 0 Å². The Balaban J connectivity index is 1.87. The molecule has 0 aliphatic rings. The van der Waals surface area contributed by atoms with Gasteiger partial charge in [-0.15, -0.1) is 0 Å². The van der Waals surface area contributed by atoms with Crippen LogP contribution in [0.3, 0.4) is 0 Å². The summed E-state index contributed by atoms with van der Waals surface area (Å²) in [6, 6.07) is 32.8. The van der Waals surface area contributed by atoms with Crippen molar-refractivity contribution in [2.75, 3.05) is 0 Å². The largest absolute Gasteiger partial charge is 0.0622 e. The van der Waals surface area contributed by atoms with Crippen LogP contribution in [-0.2, 0) is 0 Å². The summed E-state index contributed by atoms with van der Waals surface area (Å²) in [7, 11) is 0. The van der Waals surface area contributed by atoms with Crippen LogP contribution in [0.15, 0.2) is 91.0 Å². The second kappa shape index (κ2) is 6.57. The molecule has 0 nitrogen and oxygen atoms in total. The molecule has 0 bridgehead atoms. The van der Waals surface area contributed by atoms with Gasteiger partial charge in [-0.1, -0.05) is 92.7 Å². The molecule has 4 aromatic rings. The molecule has 0 heteroatoms. The van der Waals surface area contributed by atoms with Crippen molar-refractivity contribution < 1.29 is 0 Å². The van der Waals surface area contributed by atoms with E-state index in [4.69, 9.17) is 0 Å². The van der Waals surface area contributed by atoms with E-state index < -0.39 is 0 Å². The zero-order valence-electron chi connectivity index (χ0n) is 14.7. The van der Waals surface area contributed by atoms with Gasteiger partial charge >= 0.3 is 0 Å². The van der Waals surface area contributed by atoms with Crippen molar-refractivity contribution in [1.82, 2.24) is 0 Å². The first-order valence-electron chi connectivity index (χ1n) is 8.91. The molecule has 25 heavy (non-hydrogen) atoms. The van der Waals surface area contributed by atoms with Crippen LogP contribution in [0.1, 0.15) is 25.3 Å². The third-order valence-electron chi connectivity index (χ3n) is 4.84. The van der Waals surface area contributed by atoms with Gasteiger partial charge in [0.2, 0.25) is 0 Å². The molecule has 0 amide bonds. The Morgan fingerprint density at radius 2 is 1.16 bits per heavy atom. The van der Waals surface area contributed by atoms with Crippen molar-refractivity contribution in [3.05, 3.63) is 96.6 Å². The van der Waals surface area contributed by atoms with Crippen molar-refractivity contribution in [3.63, 3.8) is 0 Å². The zero-order chi connectivity index (χ0) is 17.2. The second-order valence-corrected chi connectivity index (χ2v) is 6.88. The Labute approximate surface area is 149 Å². The van der Waals surface area contributed by atoms with E-state index in [1.54, 1.807) is 0 Å². The molecule has 0 saturated heterocycles. The lowest BCUT2D eigenvalue weighted by atomic mass is 9.89. The Hall–Kier alpha value is -2.86. The lowest BCUT2D eigenvalue weighted by Gasteiger charge is -2.15. The monoisotopic (exact) mass is 322 g/mol. The van der Waals surface area contributed by atoms with E-state index >= 15 is 0 Å². The molecular weight excluding hydrogens is 300 g/mol. The molecular formula is C25H22. The minimum absolute atomic E-state index is 0.501. The lowest BCUT2D eigenvalue weighted by Crippen LogP contribution is -1.93. The van der Waals surface area contributed by atoms with E-state index in [2.05, 4.69) is 105 Å².